The first kappa shape index (κ1) is 17.4. The van der Waals surface area contributed by atoms with Crippen LogP contribution in [0.25, 0.3) is 0 Å². The number of carbonyl (C=O) groups is 2. The number of aryl methyl sites for hydroxylation is 2. The van der Waals surface area contributed by atoms with Gasteiger partial charge in [0.1, 0.15) is 6.54 Å². The van der Waals surface area contributed by atoms with E-state index in [1.807, 2.05) is 32.0 Å². The fourth-order valence-corrected chi connectivity index (χ4v) is 2.24. The average Bonchev–Trinajstić information content (AvgIpc) is 2.82. The summed E-state index contributed by atoms with van der Waals surface area (Å²) in [7, 11) is 0. The lowest BCUT2D eigenvalue weighted by atomic mass is 10.1. The number of hydrazone groups is 1. The van der Waals surface area contributed by atoms with Crippen LogP contribution in [0.4, 0.5) is 5.69 Å². The quantitative estimate of drug-likeness (QED) is 0.650. The van der Waals surface area contributed by atoms with E-state index in [2.05, 4.69) is 20.9 Å². The highest BCUT2D eigenvalue weighted by Gasteiger charge is 2.07. The number of rotatable bonds is 5. The number of aromatic nitrogens is 2. The highest BCUT2D eigenvalue weighted by Crippen LogP contribution is 2.11. The van der Waals surface area contributed by atoms with E-state index in [1.54, 1.807) is 23.7 Å². The molecule has 2 N–H and O–H groups in total. The van der Waals surface area contributed by atoms with Gasteiger partial charge >= 0.3 is 0 Å². The molecule has 24 heavy (non-hydrogen) atoms. The standard InChI is InChI=1S/C17H21N5O2/c1-11-8-12(2)22(21-11)10-17(24)20-19-13(3)15-6-5-7-16(9-15)18-14(4)23/h5-9H,10H2,1-4H3,(H,18,23)(H,20,24)/b19-13-. The van der Waals surface area contributed by atoms with Gasteiger partial charge in [-0.3, -0.25) is 14.3 Å². The molecule has 0 unspecified atom stereocenters. The highest BCUT2D eigenvalue weighted by molar-refractivity contribution is 6.00. The lowest BCUT2D eigenvalue weighted by Crippen LogP contribution is -2.25. The minimum absolute atomic E-state index is 0.113. The fraction of sp³-hybridized carbons (Fsp3) is 0.294. The Bertz CT molecular complexity index is 792. The van der Waals surface area contributed by atoms with Crippen LogP contribution in [0.2, 0.25) is 0 Å². The van der Waals surface area contributed by atoms with Crippen molar-refractivity contribution in [2.45, 2.75) is 34.2 Å². The molecule has 126 valence electrons. The molecule has 0 aliphatic heterocycles. The van der Waals surface area contributed by atoms with Gasteiger partial charge in [-0.2, -0.15) is 10.2 Å². The molecule has 2 rings (SSSR count). The van der Waals surface area contributed by atoms with Crippen LogP contribution in [0.15, 0.2) is 35.4 Å². The lowest BCUT2D eigenvalue weighted by molar-refractivity contribution is -0.121. The van der Waals surface area contributed by atoms with E-state index in [0.717, 1.165) is 17.0 Å². The first-order chi connectivity index (χ1) is 11.3. The predicted molar refractivity (Wildman–Crippen MR) is 92.8 cm³/mol. The second-order valence-electron chi connectivity index (χ2n) is 5.58. The smallest absolute Gasteiger partial charge is 0.261 e. The van der Waals surface area contributed by atoms with E-state index in [0.29, 0.717) is 11.4 Å². The van der Waals surface area contributed by atoms with Gasteiger partial charge in [0.25, 0.3) is 5.91 Å². The number of nitrogens with zero attached hydrogens (tertiary/aromatic N) is 3. The van der Waals surface area contributed by atoms with Gasteiger partial charge in [0, 0.05) is 18.3 Å². The summed E-state index contributed by atoms with van der Waals surface area (Å²) >= 11 is 0. The van der Waals surface area contributed by atoms with Crippen molar-refractivity contribution in [2.75, 3.05) is 5.32 Å². The maximum Gasteiger partial charge on any atom is 0.261 e. The highest BCUT2D eigenvalue weighted by atomic mass is 16.2. The normalized spacial score (nSPS) is 11.2. The number of carbonyl (C=O) groups excluding carboxylic acids is 2. The number of benzene rings is 1. The van der Waals surface area contributed by atoms with E-state index in [1.165, 1.54) is 6.92 Å². The van der Waals surface area contributed by atoms with Crippen LogP contribution in [0.5, 0.6) is 0 Å². The summed E-state index contributed by atoms with van der Waals surface area (Å²) in [5.41, 5.74) is 6.46. The predicted octanol–water partition coefficient (Wildman–Crippen LogP) is 2.00. The van der Waals surface area contributed by atoms with Crippen LogP contribution in [-0.2, 0) is 16.1 Å². The van der Waals surface area contributed by atoms with Crippen molar-refractivity contribution < 1.29 is 9.59 Å². The summed E-state index contributed by atoms with van der Waals surface area (Å²) in [6.07, 6.45) is 0. The Morgan fingerprint density at radius 3 is 2.58 bits per heavy atom. The van der Waals surface area contributed by atoms with Gasteiger partial charge in [0.2, 0.25) is 5.91 Å². The molecule has 0 saturated carbocycles. The summed E-state index contributed by atoms with van der Waals surface area (Å²) in [5.74, 6) is -0.390. The Balaban J connectivity index is 2.01. The van der Waals surface area contributed by atoms with Gasteiger partial charge in [-0.25, -0.2) is 5.43 Å². The fourth-order valence-electron chi connectivity index (χ4n) is 2.24. The minimum atomic E-state index is -0.251. The Morgan fingerprint density at radius 2 is 1.96 bits per heavy atom. The molecule has 1 aromatic heterocycles. The third-order valence-corrected chi connectivity index (χ3v) is 3.35. The zero-order chi connectivity index (χ0) is 17.7. The zero-order valence-corrected chi connectivity index (χ0v) is 14.3. The van der Waals surface area contributed by atoms with Crippen LogP contribution < -0.4 is 10.7 Å². The molecule has 0 aliphatic rings. The molecular formula is C17H21N5O2. The molecule has 1 aromatic carbocycles. The second-order valence-corrected chi connectivity index (χ2v) is 5.58. The van der Waals surface area contributed by atoms with E-state index in [4.69, 9.17) is 0 Å². The van der Waals surface area contributed by atoms with Crippen molar-refractivity contribution in [3.05, 3.63) is 47.3 Å². The molecule has 2 aromatic rings. The van der Waals surface area contributed by atoms with Crippen LogP contribution in [0, 0.1) is 13.8 Å². The van der Waals surface area contributed by atoms with Crippen molar-refractivity contribution in [3.63, 3.8) is 0 Å². The lowest BCUT2D eigenvalue weighted by Gasteiger charge is -2.07. The Kier molecular flexibility index (Phi) is 5.47. The van der Waals surface area contributed by atoms with Crippen LogP contribution in [0.3, 0.4) is 0 Å². The summed E-state index contributed by atoms with van der Waals surface area (Å²) < 4.78 is 1.63. The molecule has 7 heteroatoms. The third kappa shape index (κ3) is 4.77. The van der Waals surface area contributed by atoms with Crippen molar-refractivity contribution >= 4 is 23.2 Å². The van der Waals surface area contributed by atoms with Gasteiger partial charge in [0.15, 0.2) is 0 Å². The van der Waals surface area contributed by atoms with Gasteiger partial charge < -0.3 is 5.32 Å². The summed E-state index contributed by atoms with van der Waals surface area (Å²) in [6, 6.07) is 9.18. The summed E-state index contributed by atoms with van der Waals surface area (Å²) in [4.78, 5) is 23.1. The molecule has 1 heterocycles. The molecule has 0 aliphatic carbocycles. The Morgan fingerprint density at radius 1 is 1.21 bits per heavy atom. The average molecular weight is 327 g/mol. The third-order valence-electron chi connectivity index (χ3n) is 3.35. The van der Waals surface area contributed by atoms with Crippen molar-refractivity contribution in [2.24, 2.45) is 5.10 Å². The molecule has 0 spiro atoms. The van der Waals surface area contributed by atoms with Gasteiger partial charge in [-0.1, -0.05) is 12.1 Å². The van der Waals surface area contributed by atoms with Crippen LogP contribution in [-0.4, -0.2) is 27.3 Å². The first-order valence-electron chi connectivity index (χ1n) is 7.57. The minimum Gasteiger partial charge on any atom is -0.326 e. The van der Waals surface area contributed by atoms with Crippen molar-refractivity contribution in [3.8, 4) is 0 Å². The van der Waals surface area contributed by atoms with Crippen LogP contribution in [0.1, 0.15) is 30.8 Å². The van der Waals surface area contributed by atoms with Crippen molar-refractivity contribution in [1.82, 2.24) is 15.2 Å². The maximum atomic E-state index is 12.0. The van der Waals surface area contributed by atoms with Crippen LogP contribution >= 0.6 is 0 Å². The monoisotopic (exact) mass is 327 g/mol. The Labute approximate surface area is 140 Å². The van der Waals surface area contributed by atoms with Gasteiger partial charge in [-0.15, -0.1) is 0 Å². The number of nitrogens with one attached hydrogen (secondary N) is 2. The van der Waals surface area contributed by atoms with Crippen molar-refractivity contribution in [1.29, 1.82) is 0 Å². The number of hydrogen-bond donors (Lipinski definition) is 2. The summed E-state index contributed by atoms with van der Waals surface area (Å²) in [6.45, 7) is 7.13. The van der Waals surface area contributed by atoms with E-state index in [-0.39, 0.29) is 18.4 Å². The molecule has 0 bridgehead atoms. The second kappa shape index (κ2) is 7.54. The molecule has 0 radical (unpaired) electrons. The number of anilines is 1. The molecular weight excluding hydrogens is 306 g/mol. The Hall–Kier alpha value is -2.96. The number of amides is 2. The van der Waals surface area contributed by atoms with E-state index >= 15 is 0 Å². The molecule has 0 saturated heterocycles. The molecule has 0 atom stereocenters. The van der Waals surface area contributed by atoms with E-state index < -0.39 is 0 Å². The van der Waals surface area contributed by atoms with E-state index in [9.17, 15) is 9.59 Å². The maximum absolute atomic E-state index is 12.0. The number of hydrogen-bond acceptors (Lipinski definition) is 4. The first-order valence-corrected chi connectivity index (χ1v) is 7.57. The largest absolute Gasteiger partial charge is 0.326 e. The topological polar surface area (TPSA) is 88.4 Å². The molecule has 0 fully saturated rings. The SMILES string of the molecule is CC(=O)Nc1cccc(/C(C)=N\NC(=O)Cn2nc(C)cc2C)c1. The summed E-state index contributed by atoms with van der Waals surface area (Å²) in [5, 5.41) is 11.1. The van der Waals surface area contributed by atoms with Gasteiger partial charge in [0.05, 0.1) is 11.4 Å². The molecule has 7 nitrogen and oxygen atoms in total. The van der Waals surface area contributed by atoms with Gasteiger partial charge in [-0.05, 0) is 44.5 Å². The molecule has 2 amide bonds. The zero-order valence-electron chi connectivity index (χ0n) is 14.3.